The molecule has 0 spiro atoms. The zero-order valence-corrected chi connectivity index (χ0v) is 10.6. The summed E-state index contributed by atoms with van der Waals surface area (Å²) in [5.74, 6) is -0.282. The maximum atomic E-state index is 5.54. The van der Waals surface area contributed by atoms with E-state index in [4.69, 9.17) is 13.9 Å². The Morgan fingerprint density at radius 3 is 2.62 bits per heavy atom. The van der Waals surface area contributed by atoms with Crippen molar-refractivity contribution in [1.82, 2.24) is 0 Å². The van der Waals surface area contributed by atoms with Crippen molar-refractivity contribution in [2.24, 2.45) is 0 Å². The predicted octanol–water partition coefficient (Wildman–Crippen LogP) is 2.04. The molecule has 0 bridgehead atoms. The van der Waals surface area contributed by atoms with Gasteiger partial charge in [0.05, 0.1) is 6.61 Å². The van der Waals surface area contributed by atoms with Crippen molar-refractivity contribution in [1.29, 1.82) is 0 Å². The number of hydrogen-bond acceptors (Lipinski definition) is 3. The fourth-order valence-corrected chi connectivity index (χ4v) is 1.81. The molecular weight excluding hydrogens is 220 g/mol. The molecule has 1 aromatic rings. The monoisotopic (exact) mass is 236 g/mol. The quantitative estimate of drug-likeness (QED) is 0.535. The van der Waals surface area contributed by atoms with Crippen LogP contribution in [0.2, 0.25) is 0 Å². The lowest BCUT2D eigenvalue weighted by Gasteiger charge is -2.12. The third-order valence-corrected chi connectivity index (χ3v) is 3.09. The molecule has 86 valence electrons. The highest BCUT2D eigenvalue weighted by Gasteiger charge is 2.08. The summed E-state index contributed by atoms with van der Waals surface area (Å²) in [7, 11) is 3.37. The van der Waals surface area contributed by atoms with Gasteiger partial charge in [-0.05, 0) is 11.1 Å². The molecule has 0 N–H and O–H groups in total. The summed E-state index contributed by atoms with van der Waals surface area (Å²) in [6, 6.07) is 8.00. The summed E-state index contributed by atoms with van der Waals surface area (Å²) in [5.41, 5.74) is 2.22. The normalized spacial score (nSPS) is 10.7. The van der Waals surface area contributed by atoms with E-state index in [0.717, 1.165) is 11.1 Å². The van der Waals surface area contributed by atoms with Gasteiger partial charge in [0, 0.05) is 14.2 Å². The van der Waals surface area contributed by atoms with Gasteiger partial charge in [0.15, 0.2) is 5.91 Å². The molecule has 0 atom stereocenters. The van der Waals surface area contributed by atoms with Gasteiger partial charge in [-0.1, -0.05) is 36.9 Å². The van der Waals surface area contributed by atoms with Crippen LogP contribution in [0.1, 0.15) is 11.1 Å². The van der Waals surface area contributed by atoms with E-state index >= 15 is 0 Å². The van der Waals surface area contributed by atoms with Crippen LogP contribution in [0.25, 0.3) is 6.08 Å². The molecule has 0 aliphatic carbocycles. The van der Waals surface area contributed by atoms with Gasteiger partial charge in [0.25, 0.3) is 9.76 Å². The zero-order valence-electron chi connectivity index (χ0n) is 9.60. The Morgan fingerprint density at radius 1 is 1.31 bits per heavy atom. The van der Waals surface area contributed by atoms with Crippen LogP contribution in [0.15, 0.2) is 30.8 Å². The highest BCUT2D eigenvalue weighted by molar-refractivity contribution is 6.28. The Morgan fingerprint density at radius 2 is 2.00 bits per heavy atom. The van der Waals surface area contributed by atoms with Gasteiger partial charge in [-0.3, -0.25) is 0 Å². The fourth-order valence-electron chi connectivity index (χ4n) is 1.24. The smallest absolute Gasteiger partial charge is 0.299 e. The first-order chi connectivity index (χ1) is 7.81. The van der Waals surface area contributed by atoms with Crippen molar-refractivity contribution in [3.8, 4) is 0 Å². The van der Waals surface area contributed by atoms with Crippen molar-refractivity contribution >= 4 is 15.8 Å². The lowest BCUT2D eigenvalue weighted by Crippen LogP contribution is -2.23. The van der Waals surface area contributed by atoms with Gasteiger partial charge in [-0.25, -0.2) is 0 Å². The second kappa shape index (κ2) is 7.35. The molecule has 1 aromatic carbocycles. The van der Waals surface area contributed by atoms with E-state index in [1.807, 2.05) is 30.3 Å². The first-order valence-corrected chi connectivity index (χ1v) is 5.93. The predicted molar refractivity (Wildman–Crippen MR) is 64.9 cm³/mol. The molecule has 1 rings (SSSR count). The number of benzene rings is 1. The Balaban J connectivity index is 2.45. The minimum Gasteiger partial charge on any atom is -0.408 e. The van der Waals surface area contributed by atoms with Crippen LogP contribution in [0.3, 0.4) is 0 Å². The van der Waals surface area contributed by atoms with E-state index in [9.17, 15) is 0 Å². The minimum atomic E-state index is -0.282. The molecule has 3 nitrogen and oxygen atoms in total. The van der Waals surface area contributed by atoms with Gasteiger partial charge in [-0.15, -0.1) is 0 Å². The SMILES string of the molecule is C=Cc1ccccc1CO[Si]C(OC)OC. The average molecular weight is 236 g/mol. The summed E-state index contributed by atoms with van der Waals surface area (Å²) in [6.07, 6.45) is 1.83. The molecular formula is C12H16O3Si. The number of methoxy groups -OCH3 is 2. The van der Waals surface area contributed by atoms with Crippen molar-refractivity contribution in [3.05, 3.63) is 42.0 Å². The second-order valence-electron chi connectivity index (χ2n) is 3.11. The third-order valence-electron chi connectivity index (χ3n) is 2.11. The van der Waals surface area contributed by atoms with Crippen molar-refractivity contribution in [2.45, 2.75) is 12.5 Å². The van der Waals surface area contributed by atoms with Crippen molar-refractivity contribution in [3.63, 3.8) is 0 Å². The number of rotatable bonds is 7. The van der Waals surface area contributed by atoms with Gasteiger partial charge in [0.2, 0.25) is 0 Å². The average Bonchev–Trinajstić information content (AvgIpc) is 2.35. The number of hydrogen-bond donors (Lipinski definition) is 0. The Hall–Kier alpha value is -0.943. The summed E-state index contributed by atoms with van der Waals surface area (Å²) in [4.78, 5) is 0. The summed E-state index contributed by atoms with van der Waals surface area (Å²) < 4.78 is 15.6. The van der Waals surface area contributed by atoms with Crippen LogP contribution in [0.5, 0.6) is 0 Å². The van der Waals surface area contributed by atoms with Crippen LogP contribution in [0.4, 0.5) is 0 Å². The maximum absolute atomic E-state index is 5.54. The summed E-state index contributed by atoms with van der Waals surface area (Å²) >= 11 is 0. The molecule has 0 heterocycles. The standard InChI is InChI=1S/C12H16O3Si/c1-4-10-7-5-6-8-11(10)9-15-16-12(13-2)14-3/h4-8,12H,1,9H2,2-3H3. The van der Waals surface area contributed by atoms with Gasteiger partial charge in [-0.2, -0.15) is 0 Å². The molecule has 0 aromatic heterocycles. The zero-order chi connectivity index (χ0) is 11.8. The van der Waals surface area contributed by atoms with Gasteiger partial charge in [0.1, 0.15) is 0 Å². The number of ether oxygens (including phenoxy) is 2. The first-order valence-electron chi connectivity index (χ1n) is 4.95. The third kappa shape index (κ3) is 3.90. The molecule has 0 aliphatic rings. The summed E-state index contributed by atoms with van der Waals surface area (Å²) in [5, 5.41) is 0. The van der Waals surface area contributed by atoms with E-state index in [1.54, 1.807) is 14.2 Å². The Labute approximate surface area is 99.0 Å². The first kappa shape index (κ1) is 13.1. The molecule has 0 amide bonds. The van der Waals surface area contributed by atoms with E-state index in [0.29, 0.717) is 6.61 Å². The Kier molecular flexibility index (Phi) is 6.03. The molecule has 0 saturated carbocycles. The topological polar surface area (TPSA) is 27.7 Å². The molecule has 4 heteroatoms. The van der Waals surface area contributed by atoms with Crippen LogP contribution in [0, 0.1) is 0 Å². The largest absolute Gasteiger partial charge is 0.408 e. The molecule has 0 unspecified atom stereocenters. The van der Waals surface area contributed by atoms with E-state index in [2.05, 4.69) is 6.58 Å². The van der Waals surface area contributed by atoms with Crippen molar-refractivity contribution in [2.75, 3.05) is 14.2 Å². The molecule has 0 saturated heterocycles. The van der Waals surface area contributed by atoms with Crippen LogP contribution in [-0.4, -0.2) is 29.9 Å². The molecule has 16 heavy (non-hydrogen) atoms. The van der Waals surface area contributed by atoms with Crippen LogP contribution < -0.4 is 0 Å². The maximum Gasteiger partial charge on any atom is 0.299 e. The highest BCUT2D eigenvalue weighted by atomic mass is 28.2. The molecule has 0 fully saturated rings. The van der Waals surface area contributed by atoms with E-state index < -0.39 is 0 Å². The Bertz CT molecular complexity index is 324. The van der Waals surface area contributed by atoms with Crippen LogP contribution in [-0.2, 0) is 20.5 Å². The summed E-state index contributed by atoms with van der Waals surface area (Å²) in [6.45, 7) is 4.31. The minimum absolute atomic E-state index is 0.168. The van der Waals surface area contributed by atoms with Crippen molar-refractivity contribution < 1.29 is 13.9 Å². The van der Waals surface area contributed by atoms with E-state index in [1.165, 1.54) is 0 Å². The fraction of sp³-hybridized carbons (Fsp3) is 0.333. The van der Waals surface area contributed by atoms with Crippen LogP contribution >= 0.6 is 0 Å². The van der Waals surface area contributed by atoms with E-state index in [-0.39, 0.29) is 15.7 Å². The lowest BCUT2D eigenvalue weighted by molar-refractivity contribution is -0.0532. The lowest BCUT2D eigenvalue weighted by atomic mass is 10.1. The molecule has 2 radical (unpaired) electrons. The molecule has 0 aliphatic heterocycles. The second-order valence-corrected chi connectivity index (χ2v) is 4.11. The van der Waals surface area contributed by atoms with Gasteiger partial charge >= 0.3 is 0 Å². The highest BCUT2D eigenvalue weighted by Crippen LogP contribution is 2.11. The van der Waals surface area contributed by atoms with Gasteiger partial charge < -0.3 is 13.9 Å².